The van der Waals surface area contributed by atoms with Crippen LogP contribution in [-0.4, -0.2) is 33.9 Å². The molecule has 0 radical (unpaired) electrons. The number of amides is 1. The average molecular weight is 293 g/mol. The second-order valence-corrected chi connectivity index (χ2v) is 4.12. The fraction of sp³-hybridized carbons (Fsp3) is 0.154. The molecule has 0 unspecified atom stereocenters. The summed E-state index contributed by atoms with van der Waals surface area (Å²) in [7, 11) is 1.30. The Hall–Kier alpha value is -2.90. The Bertz CT molecular complexity index is 684. The summed E-state index contributed by atoms with van der Waals surface area (Å²) in [5.74, 6) is -2.13. The molecule has 0 fully saturated rings. The lowest BCUT2D eigenvalue weighted by Crippen LogP contribution is -2.12. The number of nitrogens with one attached hydrogen (secondary N) is 1. The zero-order valence-electron chi connectivity index (χ0n) is 11.0. The summed E-state index contributed by atoms with van der Waals surface area (Å²) in [6.07, 6.45) is 2.70. The van der Waals surface area contributed by atoms with E-state index in [-0.39, 0.29) is 17.9 Å². The van der Waals surface area contributed by atoms with Gasteiger partial charge in [0.05, 0.1) is 19.0 Å². The van der Waals surface area contributed by atoms with Crippen molar-refractivity contribution < 1.29 is 23.8 Å². The highest BCUT2D eigenvalue weighted by atomic mass is 19.1. The van der Waals surface area contributed by atoms with Gasteiger partial charge >= 0.3 is 5.97 Å². The molecule has 0 saturated heterocycles. The minimum Gasteiger partial charge on any atom is -0.494 e. The molecule has 1 heterocycles. The third-order valence-corrected chi connectivity index (χ3v) is 2.60. The number of rotatable bonds is 5. The monoisotopic (exact) mass is 293 g/mol. The maximum Gasteiger partial charge on any atom is 0.325 e. The van der Waals surface area contributed by atoms with Crippen molar-refractivity contribution in [2.24, 2.45) is 0 Å². The molecule has 21 heavy (non-hydrogen) atoms. The van der Waals surface area contributed by atoms with Crippen molar-refractivity contribution in [3.05, 3.63) is 42.0 Å². The van der Waals surface area contributed by atoms with Crippen molar-refractivity contribution in [1.29, 1.82) is 0 Å². The second-order valence-electron chi connectivity index (χ2n) is 4.12. The van der Waals surface area contributed by atoms with Crippen LogP contribution in [0.5, 0.6) is 5.75 Å². The van der Waals surface area contributed by atoms with Gasteiger partial charge in [0, 0.05) is 11.8 Å². The van der Waals surface area contributed by atoms with E-state index in [1.165, 1.54) is 36.3 Å². The van der Waals surface area contributed by atoms with Gasteiger partial charge in [0.1, 0.15) is 6.54 Å². The first-order valence-electron chi connectivity index (χ1n) is 5.88. The fourth-order valence-electron chi connectivity index (χ4n) is 1.66. The Morgan fingerprint density at radius 3 is 2.90 bits per heavy atom. The van der Waals surface area contributed by atoms with E-state index in [9.17, 15) is 14.0 Å². The van der Waals surface area contributed by atoms with Crippen LogP contribution in [0.3, 0.4) is 0 Å². The van der Waals surface area contributed by atoms with Gasteiger partial charge in [0.25, 0.3) is 5.91 Å². The van der Waals surface area contributed by atoms with E-state index in [1.54, 1.807) is 0 Å². The molecular formula is C13H12FN3O4. The molecule has 0 aliphatic heterocycles. The molecule has 7 nitrogen and oxygen atoms in total. The number of aromatic nitrogens is 2. The molecule has 110 valence electrons. The van der Waals surface area contributed by atoms with Crippen LogP contribution in [0.1, 0.15) is 10.4 Å². The maximum atomic E-state index is 13.3. The highest BCUT2D eigenvalue weighted by Crippen LogP contribution is 2.19. The second kappa shape index (κ2) is 6.04. The SMILES string of the molecule is COc1cc(C(=O)Nc2cnn(CC(=O)O)c2)ccc1F. The number of carbonyl (C=O) groups excluding carboxylic acids is 1. The van der Waals surface area contributed by atoms with E-state index in [4.69, 9.17) is 9.84 Å². The lowest BCUT2D eigenvalue weighted by molar-refractivity contribution is -0.137. The highest BCUT2D eigenvalue weighted by molar-refractivity contribution is 6.04. The molecule has 1 aromatic heterocycles. The van der Waals surface area contributed by atoms with E-state index in [1.807, 2.05) is 0 Å². The summed E-state index contributed by atoms with van der Waals surface area (Å²) in [6.45, 7) is -0.305. The molecule has 0 spiro atoms. The Labute approximate surface area is 119 Å². The minimum absolute atomic E-state index is 0.0378. The number of nitrogens with zero attached hydrogens (tertiary/aromatic N) is 2. The quantitative estimate of drug-likeness (QED) is 0.868. The molecule has 1 aromatic carbocycles. The molecular weight excluding hydrogens is 281 g/mol. The molecule has 2 aromatic rings. The summed E-state index contributed by atoms with van der Waals surface area (Å²) >= 11 is 0. The number of hydrogen-bond acceptors (Lipinski definition) is 4. The Balaban J connectivity index is 2.10. The van der Waals surface area contributed by atoms with Crippen molar-refractivity contribution in [3.8, 4) is 5.75 Å². The number of aliphatic carboxylic acids is 1. The number of carboxylic acid groups (broad SMARTS) is 1. The lowest BCUT2D eigenvalue weighted by Gasteiger charge is -2.05. The van der Waals surface area contributed by atoms with Crippen LogP contribution in [0.25, 0.3) is 0 Å². The smallest absolute Gasteiger partial charge is 0.325 e. The fourth-order valence-corrected chi connectivity index (χ4v) is 1.66. The van der Waals surface area contributed by atoms with Crippen molar-refractivity contribution in [3.63, 3.8) is 0 Å². The van der Waals surface area contributed by atoms with Crippen LogP contribution < -0.4 is 10.1 Å². The number of carbonyl (C=O) groups is 2. The lowest BCUT2D eigenvalue weighted by atomic mass is 10.2. The van der Waals surface area contributed by atoms with Gasteiger partial charge in [-0.25, -0.2) is 4.39 Å². The maximum absolute atomic E-state index is 13.3. The standard InChI is InChI=1S/C13H12FN3O4/c1-21-11-4-8(2-3-10(11)14)13(20)16-9-5-15-17(6-9)7-12(18)19/h2-6H,7H2,1H3,(H,16,20)(H,18,19). The predicted molar refractivity (Wildman–Crippen MR) is 70.8 cm³/mol. The van der Waals surface area contributed by atoms with Crippen molar-refractivity contribution in [1.82, 2.24) is 9.78 Å². The number of carboxylic acids is 1. The zero-order chi connectivity index (χ0) is 15.4. The first-order chi connectivity index (χ1) is 9.99. The Morgan fingerprint density at radius 1 is 1.48 bits per heavy atom. The normalized spacial score (nSPS) is 10.2. The number of benzene rings is 1. The van der Waals surface area contributed by atoms with Gasteiger partial charge in [-0.15, -0.1) is 0 Å². The summed E-state index contributed by atoms with van der Waals surface area (Å²) in [6, 6.07) is 3.71. The van der Waals surface area contributed by atoms with Crippen molar-refractivity contribution in [2.75, 3.05) is 12.4 Å². The number of anilines is 1. The molecule has 1 amide bonds. The van der Waals surface area contributed by atoms with Crippen molar-refractivity contribution >= 4 is 17.6 Å². The summed E-state index contributed by atoms with van der Waals surface area (Å²) in [5, 5.41) is 14.9. The molecule has 8 heteroatoms. The first-order valence-corrected chi connectivity index (χ1v) is 5.88. The molecule has 0 aliphatic carbocycles. The van der Waals surface area contributed by atoms with Crippen LogP contribution >= 0.6 is 0 Å². The molecule has 2 rings (SSSR count). The van der Waals surface area contributed by atoms with Gasteiger partial charge < -0.3 is 15.2 Å². The van der Waals surface area contributed by atoms with E-state index >= 15 is 0 Å². The van der Waals surface area contributed by atoms with E-state index in [0.717, 1.165) is 6.07 Å². The molecule has 0 saturated carbocycles. The number of halogens is 1. The van der Waals surface area contributed by atoms with Crippen LogP contribution in [0.15, 0.2) is 30.6 Å². The van der Waals surface area contributed by atoms with Crippen LogP contribution in [-0.2, 0) is 11.3 Å². The van der Waals surface area contributed by atoms with Gasteiger partial charge in [-0.3, -0.25) is 14.3 Å². The number of methoxy groups -OCH3 is 1. The Morgan fingerprint density at radius 2 is 2.24 bits per heavy atom. The third-order valence-electron chi connectivity index (χ3n) is 2.60. The van der Waals surface area contributed by atoms with E-state index in [0.29, 0.717) is 5.69 Å². The molecule has 0 bridgehead atoms. The van der Waals surface area contributed by atoms with Gasteiger partial charge in [-0.1, -0.05) is 0 Å². The topological polar surface area (TPSA) is 93.5 Å². The highest BCUT2D eigenvalue weighted by Gasteiger charge is 2.11. The average Bonchev–Trinajstić information content (AvgIpc) is 2.85. The Kier molecular flexibility index (Phi) is 4.17. The van der Waals surface area contributed by atoms with Crippen molar-refractivity contribution in [2.45, 2.75) is 6.54 Å². The molecule has 0 atom stereocenters. The van der Waals surface area contributed by atoms with E-state index < -0.39 is 17.7 Å². The number of hydrogen-bond donors (Lipinski definition) is 2. The van der Waals surface area contributed by atoms with Crippen LogP contribution in [0.4, 0.5) is 10.1 Å². The molecule has 2 N–H and O–H groups in total. The summed E-state index contributed by atoms with van der Waals surface area (Å²) < 4.78 is 19.2. The van der Waals surface area contributed by atoms with Gasteiger partial charge in [-0.05, 0) is 18.2 Å². The van der Waals surface area contributed by atoms with Crippen LogP contribution in [0.2, 0.25) is 0 Å². The van der Waals surface area contributed by atoms with Crippen LogP contribution in [0, 0.1) is 5.82 Å². The van der Waals surface area contributed by atoms with E-state index in [2.05, 4.69) is 10.4 Å². The largest absolute Gasteiger partial charge is 0.494 e. The summed E-state index contributed by atoms with van der Waals surface area (Å²) in [5.41, 5.74) is 0.545. The number of ether oxygens (including phenoxy) is 1. The molecule has 0 aliphatic rings. The minimum atomic E-state index is -1.04. The zero-order valence-corrected chi connectivity index (χ0v) is 11.0. The summed E-state index contributed by atoms with van der Waals surface area (Å²) in [4.78, 5) is 22.5. The third kappa shape index (κ3) is 3.56. The predicted octanol–water partition coefficient (Wildman–Crippen LogP) is 1.37. The van der Waals surface area contributed by atoms with Gasteiger partial charge in [0.2, 0.25) is 0 Å². The van der Waals surface area contributed by atoms with Gasteiger partial charge in [-0.2, -0.15) is 5.10 Å². The first kappa shape index (κ1) is 14.5. The van der Waals surface area contributed by atoms with Gasteiger partial charge in [0.15, 0.2) is 11.6 Å².